The monoisotopic (exact) mass is 164 g/mol. The molecule has 0 unspecified atom stereocenters. The Bertz CT molecular complexity index is 271. The van der Waals surface area contributed by atoms with Gasteiger partial charge in [0.2, 0.25) is 0 Å². The fraction of sp³-hybridized carbons (Fsp3) is 0.444. The molecule has 1 saturated carbocycles. The summed E-state index contributed by atoms with van der Waals surface area (Å²) >= 11 is 0. The first kappa shape index (κ1) is 7.55. The molecule has 1 aliphatic rings. The molecule has 0 radical (unpaired) electrons. The Morgan fingerprint density at radius 2 is 2.42 bits per heavy atom. The van der Waals surface area contributed by atoms with E-state index in [2.05, 4.69) is 4.98 Å². The largest absolute Gasteiger partial charge is 0.490 e. The van der Waals surface area contributed by atoms with Crippen molar-refractivity contribution in [1.29, 1.82) is 0 Å². The average Bonchev–Trinajstić information content (AvgIpc) is 2.89. The Morgan fingerprint density at radius 1 is 1.58 bits per heavy atom. The summed E-state index contributed by atoms with van der Waals surface area (Å²) in [5.74, 6) is 0.898. The van der Waals surface area contributed by atoms with Crippen LogP contribution in [-0.2, 0) is 6.54 Å². The van der Waals surface area contributed by atoms with Crippen LogP contribution in [0.3, 0.4) is 0 Å². The number of hydrogen-bond acceptors (Lipinski definition) is 3. The number of ether oxygens (including phenoxy) is 1. The van der Waals surface area contributed by atoms with Gasteiger partial charge in [0.15, 0.2) is 0 Å². The molecule has 1 aromatic rings. The quantitative estimate of drug-likeness (QED) is 0.727. The second-order valence-corrected chi connectivity index (χ2v) is 3.00. The summed E-state index contributed by atoms with van der Waals surface area (Å²) in [4.78, 5) is 3.98. The first-order valence-corrected chi connectivity index (χ1v) is 4.20. The van der Waals surface area contributed by atoms with Gasteiger partial charge in [-0.15, -0.1) is 0 Å². The number of hydrogen-bond donors (Lipinski definition) is 1. The second-order valence-electron chi connectivity index (χ2n) is 3.00. The molecule has 0 aromatic carbocycles. The Hall–Kier alpha value is -1.09. The highest BCUT2D eigenvalue weighted by Gasteiger charge is 2.24. The molecule has 0 aliphatic heterocycles. The molecule has 1 aliphatic carbocycles. The maximum absolute atomic E-state index is 5.63. The van der Waals surface area contributed by atoms with Crippen LogP contribution in [0.1, 0.15) is 18.4 Å². The van der Waals surface area contributed by atoms with Gasteiger partial charge in [0.25, 0.3) is 0 Å². The van der Waals surface area contributed by atoms with Crippen molar-refractivity contribution in [3.63, 3.8) is 0 Å². The van der Waals surface area contributed by atoms with Crippen molar-refractivity contribution in [3.8, 4) is 5.75 Å². The zero-order valence-electron chi connectivity index (χ0n) is 6.86. The highest BCUT2D eigenvalue weighted by molar-refractivity contribution is 5.30. The summed E-state index contributed by atoms with van der Waals surface area (Å²) in [6, 6.07) is 1.88. The molecule has 0 amide bonds. The van der Waals surface area contributed by atoms with Gasteiger partial charge in [0.1, 0.15) is 5.75 Å². The lowest BCUT2D eigenvalue weighted by Crippen LogP contribution is -2.03. The number of rotatable bonds is 3. The average molecular weight is 164 g/mol. The van der Waals surface area contributed by atoms with Gasteiger partial charge in [-0.2, -0.15) is 0 Å². The molecule has 1 heterocycles. The molecule has 0 spiro atoms. The standard InChI is InChI=1S/C9H12N2O/c10-5-7-6-11-4-3-9(7)12-8-1-2-8/h3-4,6,8H,1-2,5,10H2. The van der Waals surface area contributed by atoms with Gasteiger partial charge in [-0.3, -0.25) is 4.98 Å². The minimum Gasteiger partial charge on any atom is -0.490 e. The molecule has 1 aromatic heterocycles. The van der Waals surface area contributed by atoms with Crippen LogP contribution >= 0.6 is 0 Å². The van der Waals surface area contributed by atoms with Crippen molar-refractivity contribution >= 4 is 0 Å². The van der Waals surface area contributed by atoms with Crippen molar-refractivity contribution in [3.05, 3.63) is 24.0 Å². The number of aromatic nitrogens is 1. The van der Waals surface area contributed by atoms with Gasteiger partial charge in [-0.25, -0.2) is 0 Å². The molecule has 2 N–H and O–H groups in total. The van der Waals surface area contributed by atoms with E-state index in [4.69, 9.17) is 10.5 Å². The molecule has 3 nitrogen and oxygen atoms in total. The van der Waals surface area contributed by atoms with Crippen molar-refractivity contribution in [1.82, 2.24) is 4.98 Å². The third-order valence-electron chi connectivity index (χ3n) is 1.90. The molecular formula is C9H12N2O. The molecule has 1 fully saturated rings. The SMILES string of the molecule is NCc1cnccc1OC1CC1. The summed E-state index contributed by atoms with van der Waals surface area (Å²) in [6.45, 7) is 0.496. The van der Waals surface area contributed by atoms with Crippen molar-refractivity contribution < 1.29 is 4.74 Å². The zero-order chi connectivity index (χ0) is 8.39. The van der Waals surface area contributed by atoms with Gasteiger partial charge in [-0.05, 0) is 18.9 Å². The number of nitrogens with zero attached hydrogens (tertiary/aromatic N) is 1. The van der Waals surface area contributed by atoms with Crippen LogP contribution < -0.4 is 10.5 Å². The maximum Gasteiger partial charge on any atom is 0.127 e. The van der Waals surface area contributed by atoms with E-state index in [1.165, 1.54) is 12.8 Å². The first-order valence-electron chi connectivity index (χ1n) is 4.20. The van der Waals surface area contributed by atoms with Gasteiger partial charge < -0.3 is 10.5 Å². The van der Waals surface area contributed by atoms with E-state index in [0.29, 0.717) is 12.6 Å². The minimum absolute atomic E-state index is 0.428. The van der Waals surface area contributed by atoms with Crippen LogP contribution in [0, 0.1) is 0 Å². The summed E-state index contributed by atoms with van der Waals surface area (Å²) in [7, 11) is 0. The van der Waals surface area contributed by atoms with Gasteiger partial charge in [0.05, 0.1) is 6.10 Å². The van der Waals surface area contributed by atoms with Gasteiger partial charge in [0, 0.05) is 24.5 Å². The smallest absolute Gasteiger partial charge is 0.127 e. The van der Waals surface area contributed by atoms with Gasteiger partial charge >= 0.3 is 0 Å². The lowest BCUT2D eigenvalue weighted by molar-refractivity contribution is 0.299. The van der Waals surface area contributed by atoms with Crippen molar-refractivity contribution in [2.75, 3.05) is 0 Å². The maximum atomic E-state index is 5.63. The molecule has 0 atom stereocenters. The molecule has 12 heavy (non-hydrogen) atoms. The van der Waals surface area contributed by atoms with Crippen LogP contribution in [0.4, 0.5) is 0 Å². The van der Waals surface area contributed by atoms with E-state index >= 15 is 0 Å². The summed E-state index contributed by atoms with van der Waals surface area (Å²) in [5, 5.41) is 0. The van der Waals surface area contributed by atoms with Crippen molar-refractivity contribution in [2.24, 2.45) is 5.73 Å². The van der Waals surface area contributed by atoms with Crippen LogP contribution in [0.2, 0.25) is 0 Å². The Kier molecular flexibility index (Phi) is 1.96. The zero-order valence-corrected chi connectivity index (χ0v) is 6.86. The fourth-order valence-corrected chi connectivity index (χ4v) is 1.05. The minimum atomic E-state index is 0.428. The van der Waals surface area contributed by atoms with E-state index in [1.54, 1.807) is 12.4 Å². The Labute approximate surface area is 71.6 Å². The van der Waals surface area contributed by atoms with Crippen LogP contribution in [0.25, 0.3) is 0 Å². The summed E-state index contributed by atoms with van der Waals surface area (Å²) in [6.07, 6.45) is 6.27. The van der Waals surface area contributed by atoms with Crippen molar-refractivity contribution in [2.45, 2.75) is 25.5 Å². The molecule has 2 rings (SSSR count). The second kappa shape index (κ2) is 3.11. The predicted octanol–water partition coefficient (Wildman–Crippen LogP) is 1.08. The first-order chi connectivity index (χ1) is 5.90. The highest BCUT2D eigenvalue weighted by Crippen LogP contribution is 2.28. The van der Waals surface area contributed by atoms with E-state index in [9.17, 15) is 0 Å². The third-order valence-corrected chi connectivity index (χ3v) is 1.90. The number of pyridine rings is 1. The normalized spacial score (nSPS) is 16.1. The molecule has 3 heteroatoms. The van der Waals surface area contributed by atoms with Crippen LogP contribution in [0.5, 0.6) is 5.75 Å². The topological polar surface area (TPSA) is 48.1 Å². The lowest BCUT2D eigenvalue weighted by atomic mass is 10.2. The summed E-state index contributed by atoms with van der Waals surface area (Å²) in [5.41, 5.74) is 6.52. The van der Waals surface area contributed by atoms with E-state index in [0.717, 1.165) is 11.3 Å². The molecule has 0 bridgehead atoms. The van der Waals surface area contributed by atoms with E-state index in [-0.39, 0.29) is 0 Å². The highest BCUT2D eigenvalue weighted by atomic mass is 16.5. The molecule has 64 valence electrons. The molecule has 0 saturated heterocycles. The lowest BCUT2D eigenvalue weighted by Gasteiger charge is -2.07. The Balaban J connectivity index is 2.15. The summed E-state index contributed by atoms with van der Waals surface area (Å²) < 4.78 is 5.63. The Morgan fingerprint density at radius 3 is 3.08 bits per heavy atom. The predicted molar refractivity (Wildman–Crippen MR) is 45.8 cm³/mol. The van der Waals surface area contributed by atoms with Gasteiger partial charge in [-0.1, -0.05) is 0 Å². The van der Waals surface area contributed by atoms with Crippen LogP contribution in [0.15, 0.2) is 18.5 Å². The van der Waals surface area contributed by atoms with E-state index < -0.39 is 0 Å². The third kappa shape index (κ3) is 1.56. The number of nitrogens with two attached hydrogens (primary N) is 1. The molecular weight excluding hydrogens is 152 g/mol. The van der Waals surface area contributed by atoms with E-state index in [1.807, 2.05) is 6.07 Å². The fourth-order valence-electron chi connectivity index (χ4n) is 1.05. The van der Waals surface area contributed by atoms with Crippen LogP contribution in [-0.4, -0.2) is 11.1 Å².